The van der Waals surface area contributed by atoms with Gasteiger partial charge in [0.1, 0.15) is 0 Å². The summed E-state index contributed by atoms with van der Waals surface area (Å²) in [5, 5.41) is 3.79. The maximum absolute atomic E-state index is 12.4. The Labute approximate surface area is 132 Å². The monoisotopic (exact) mass is 308 g/mol. The molecule has 0 aromatic heterocycles. The van der Waals surface area contributed by atoms with E-state index in [1.54, 1.807) is 0 Å². The van der Waals surface area contributed by atoms with Crippen LogP contribution in [0.15, 0.2) is 24.3 Å². The molecule has 21 heavy (non-hydrogen) atoms. The lowest BCUT2D eigenvalue weighted by Crippen LogP contribution is -2.45. The predicted octanol–water partition coefficient (Wildman–Crippen LogP) is 3.29. The van der Waals surface area contributed by atoms with Gasteiger partial charge in [0.05, 0.1) is 6.04 Å². The highest BCUT2D eigenvalue weighted by Crippen LogP contribution is 2.41. The molecule has 1 saturated heterocycles. The van der Waals surface area contributed by atoms with Crippen LogP contribution in [0.4, 0.5) is 0 Å². The molecule has 0 aliphatic carbocycles. The molecule has 0 spiro atoms. The minimum absolute atomic E-state index is 0.0736. The molecule has 2 rings (SSSR count). The van der Waals surface area contributed by atoms with Gasteiger partial charge < -0.3 is 5.32 Å². The minimum Gasteiger partial charge on any atom is -0.355 e. The van der Waals surface area contributed by atoms with Crippen LogP contribution >= 0.6 is 11.6 Å². The number of carbonyl (C=O) groups excluding carboxylic acids is 1. The summed E-state index contributed by atoms with van der Waals surface area (Å²) in [5.41, 5.74) is 1.22. The molecule has 4 heteroatoms. The summed E-state index contributed by atoms with van der Waals surface area (Å²) < 4.78 is 0. The number of halogens is 1. The van der Waals surface area contributed by atoms with E-state index in [1.807, 2.05) is 25.2 Å². The summed E-state index contributed by atoms with van der Waals surface area (Å²) in [6.07, 6.45) is 0.962. The molecule has 0 bridgehead atoms. The van der Waals surface area contributed by atoms with Crippen molar-refractivity contribution in [3.8, 4) is 0 Å². The fourth-order valence-corrected chi connectivity index (χ4v) is 3.78. The van der Waals surface area contributed by atoms with E-state index in [9.17, 15) is 4.79 Å². The smallest absolute Gasteiger partial charge is 0.237 e. The quantitative estimate of drug-likeness (QED) is 0.925. The van der Waals surface area contributed by atoms with E-state index >= 15 is 0 Å². The fourth-order valence-electron chi connectivity index (χ4n) is 3.59. The number of likely N-dealkylation sites (N-methyl/N-ethyl adjacent to an activating group) is 1. The minimum atomic E-state index is -0.0736. The van der Waals surface area contributed by atoms with E-state index in [-0.39, 0.29) is 17.9 Å². The molecule has 1 N–H and O–H groups in total. The zero-order chi connectivity index (χ0) is 15.6. The molecule has 1 aromatic carbocycles. The molecule has 1 aliphatic rings. The van der Waals surface area contributed by atoms with E-state index in [0.717, 1.165) is 18.0 Å². The predicted molar refractivity (Wildman–Crippen MR) is 87.7 cm³/mol. The Balaban J connectivity index is 2.23. The molecule has 4 unspecified atom stereocenters. The number of hydrogen-bond donors (Lipinski definition) is 1. The van der Waals surface area contributed by atoms with Crippen LogP contribution in [0.5, 0.6) is 0 Å². The average Bonchev–Trinajstić information content (AvgIpc) is 2.67. The van der Waals surface area contributed by atoms with E-state index in [4.69, 9.17) is 11.6 Å². The Kier molecular flexibility index (Phi) is 5.28. The van der Waals surface area contributed by atoms with Crippen molar-refractivity contribution in [2.24, 2.45) is 5.92 Å². The zero-order valence-electron chi connectivity index (χ0n) is 13.3. The van der Waals surface area contributed by atoms with Crippen LogP contribution in [-0.2, 0) is 4.79 Å². The van der Waals surface area contributed by atoms with Crippen LogP contribution in [0.3, 0.4) is 0 Å². The van der Waals surface area contributed by atoms with Crippen LogP contribution in [0.2, 0.25) is 5.02 Å². The van der Waals surface area contributed by atoms with Gasteiger partial charge in [-0.1, -0.05) is 37.6 Å². The highest BCUT2D eigenvalue weighted by atomic mass is 35.5. The molecule has 116 valence electrons. The first-order valence-electron chi connectivity index (χ1n) is 7.72. The fraction of sp³-hybridized carbons (Fsp3) is 0.588. The van der Waals surface area contributed by atoms with E-state index in [1.165, 1.54) is 5.56 Å². The molecule has 1 fully saturated rings. The molecule has 0 saturated carbocycles. The third-order valence-electron chi connectivity index (χ3n) is 4.72. The number of rotatable bonds is 4. The number of nitrogens with zero attached hydrogens (tertiary/aromatic N) is 1. The van der Waals surface area contributed by atoms with Crippen molar-refractivity contribution in [3.05, 3.63) is 34.9 Å². The Hall–Kier alpha value is -1.06. The van der Waals surface area contributed by atoms with E-state index in [0.29, 0.717) is 12.0 Å². The summed E-state index contributed by atoms with van der Waals surface area (Å²) in [6, 6.07) is 8.27. The van der Waals surface area contributed by atoms with Crippen molar-refractivity contribution >= 4 is 17.5 Å². The van der Waals surface area contributed by atoms with Crippen molar-refractivity contribution in [1.29, 1.82) is 0 Å². The van der Waals surface area contributed by atoms with Crippen LogP contribution in [0.25, 0.3) is 0 Å². The molecule has 1 amide bonds. The van der Waals surface area contributed by atoms with Gasteiger partial charge in [-0.3, -0.25) is 9.69 Å². The second-order valence-corrected chi connectivity index (χ2v) is 6.52. The Morgan fingerprint density at radius 1 is 1.38 bits per heavy atom. The summed E-state index contributed by atoms with van der Waals surface area (Å²) >= 11 is 6.13. The SMILES string of the molecule is CCCNC(=O)C1C(C)C(c2cccc(Cl)c2)C(C)N1C. The standard InChI is InChI=1S/C17H25ClN2O/c1-5-9-19-17(21)16-11(2)15(12(3)20(16)4)13-7-6-8-14(18)10-13/h6-8,10-12,15-16H,5,9H2,1-4H3,(H,19,21). The van der Waals surface area contributed by atoms with Gasteiger partial charge in [0.25, 0.3) is 0 Å². The van der Waals surface area contributed by atoms with Gasteiger partial charge >= 0.3 is 0 Å². The Morgan fingerprint density at radius 3 is 2.71 bits per heavy atom. The second kappa shape index (κ2) is 6.80. The van der Waals surface area contributed by atoms with Gasteiger partial charge in [-0.05, 0) is 44.0 Å². The van der Waals surface area contributed by atoms with Gasteiger partial charge in [-0.25, -0.2) is 0 Å². The molecule has 1 aromatic rings. The molecular weight excluding hydrogens is 284 g/mol. The summed E-state index contributed by atoms with van der Waals surface area (Å²) in [5.74, 6) is 0.731. The molecule has 4 atom stereocenters. The molecule has 1 aliphatic heterocycles. The van der Waals surface area contributed by atoms with Gasteiger partial charge in [0.15, 0.2) is 0 Å². The third kappa shape index (κ3) is 3.24. The maximum atomic E-state index is 12.4. The molecule has 3 nitrogen and oxygen atoms in total. The largest absolute Gasteiger partial charge is 0.355 e. The Bertz CT molecular complexity index is 505. The molecular formula is C17H25ClN2O. The van der Waals surface area contributed by atoms with Crippen molar-refractivity contribution in [2.75, 3.05) is 13.6 Å². The molecule has 1 heterocycles. The van der Waals surface area contributed by atoms with Crippen LogP contribution in [-0.4, -0.2) is 36.5 Å². The number of carbonyl (C=O) groups is 1. The second-order valence-electron chi connectivity index (χ2n) is 6.08. The van der Waals surface area contributed by atoms with Gasteiger partial charge in [-0.15, -0.1) is 0 Å². The van der Waals surface area contributed by atoms with Crippen LogP contribution in [0, 0.1) is 5.92 Å². The van der Waals surface area contributed by atoms with Crippen molar-refractivity contribution in [3.63, 3.8) is 0 Å². The number of benzene rings is 1. The summed E-state index contributed by atoms with van der Waals surface area (Å²) in [6.45, 7) is 7.17. The third-order valence-corrected chi connectivity index (χ3v) is 4.95. The van der Waals surface area contributed by atoms with Gasteiger partial charge in [0, 0.05) is 23.5 Å². The van der Waals surface area contributed by atoms with Crippen LogP contribution < -0.4 is 5.32 Å². The van der Waals surface area contributed by atoms with Gasteiger partial charge in [0.2, 0.25) is 5.91 Å². The lowest BCUT2D eigenvalue weighted by molar-refractivity contribution is -0.126. The van der Waals surface area contributed by atoms with E-state index < -0.39 is 0 Å². The van der Waals surface area contributed by atoms with Crippen molar-refractivity contribution in [1.82, 2.24) is 10.2 Å². The average molecular weight is 309 g/mol. The first-order chi connectivity index (χ1) is 9.97. The zero-order valence-corrected chi connectivity index (χ0v) is 14.0. The lowest BCUT2D eigenvalue weighted by Gasteiger charge is -2.24. The highest BCUT2D eigenvalue weighted by molar-refractivity contribution is 6.30. The van der Waals surface area contributed by atoms with Crippen molar-refractivity contribution < 1.29 is 4.79 Å². The number of hydrogen-bond acceptors (Lipinski definition) is 2. The maximum Gasteiger partial charge on any atom is 0.237 e. The normalized spacial score (nSPS) is 29.6. The number of likely N-dealkylation sites (tertiary alicyclic amines) is 1. The van der Waals surface area contributed by atoms with Gasteiger partial charge in [-0.2, -0.15) is 0 Å². The van der Waals surface area contributed by atoms with Crippen LogP contribution in [0.1, 0.15) is 38.7 Å². The van der Waals surface area contributed by atoms with Crippen molar-refractivity contribution in [2.45, 2.75) is 45.2 Å². The summed E-state index contributed by atoms with van der Waals surface area (Å²) in [7, 11) is 2.04. The first kappa shape index (κ1) is 16.3. The number of amides is 1. The molecule has 0 radical (unpaired) electrons. The number of nitrogens with one attached hydrogen (secondary N) is 1. The summed E-state index contributed by atoms with van der Waals surface area (Å²) in [4.78, 5) is 14.6. The highest BCUT2D eigenvalue weighted by Gasteiger charge is 2.46. The lowest BCUT2D eigenvalue weighted by atomic mass is 9.83. The topological polar surface area (TPSA) is 32.3 Å². The van der Waals surface area contributed by atoms with E-state index in [2.05, 4.69) is 37.1 Å². The Morgan fingerprint density at radius 2 is 2.10 bits per heavy atom. The first-order valence-corrected chi connectivity index (χ1v) is 8.10.